The van der Waals surface area contributed by atoms with E-state index in [2.05, 4.69) is 20.2 Å². The molecule has 3 saturated heterocycles. The molecule has 3 fully saturated rings. The average molecular weight is 444 g/mol. The van der Waals surface area contributed by atoms with Crippen molar-refractivity contribution in [3.63, 3.8) is 0 Å². The van der Waals surface area contributed by atoms with Gasteiger partial charge in [-0.25, -0.2) is 4.98 Å². The summed E-state index contributed by atoms with van der Waals surface area (Å²) in [6.45, 7) is 4.78. The maximum Gasteiger partial charge on any atom is 0.432 e. The van der Waals surface area contributed by atoms with Crippen molar-refractivity contribution in [2.24, 2.45) is 17.8 Å². The molecule has 4 rings (SSSR count). The molecule has 2 N–H and O–H groups in total. The Kier molecular flexibility index (Phi) is 7.18. The van der Waals surface area contributed by atoms with Crippen LogP contribution in [-0.4, -0.2) is 66.3 Å². The summed E-state index contributed by atoms with van der Waals surface area (Å²) < 4.78 is 49.5. The molecular formula is C21H31F3N4O3. The molecule has 0 unspecified atom stereocenters. The monoisotopic (exact) mass is 444 g/mol. The summed E-state index contributed by atoms with van der Waals surface area (Å²) in [6, 6.07) is 0. The maximum atomic E-state index is 12.7. The number of amides is 1. The van der Waals surface area contributed by atoms with Gasteiger partial charge in [-0.3, -0.25) is 9.69 Å². The van der Waals surface area contributed by atoms with Gasteiger partial charge >= 0.3 is 6.18 Å². The van der Waals surface area contributed by atoms with E-state index in [9.17, 15) is 18.0 Å². The number of aromatic nitrogens is 2. The summed E-state index contributed by atoms with van der Waals surface area (Å²) in [6.07, 6.45) is 0.738. The van der Waals surface area contributed by atoms with E-state index in [0.29, 0.717) is 49.7 Å². The fraction of sp³-hybridized carbons (Fsp3) is 0.810. The van der Waals surface area contributed by atoms with E-state index in [4.69, 9.17) is 9.47 Å². The lowest BCUT2D eigenvalue weighted by Gasteiger charge is -2.35. The van der Waals surface area contributed by atoms with E-state index < -0.39 is 11.9 Å². The number of alkyl halides is 3. The summed E-state index contributed by atoms with van der Waals surface area (Å²) in [5.74, 6) is 1.61. The molecule has 0 bridgehead atoms. The van der Waals surface area contributed by atoms with Gasteiger partial charge in [0.1, 0.15) is 11.5 Å². The number of ether oxygens (including phenoxy) is 2. The number of hydrogen-bond acceptors (Lipinski definition) is 5. The first-order chi connectivity index (χ1) is 14.9. The number of nitrogens with zero attached hydrogens (tertiary/aromatic N) is 2. The van der Waals surface area contributed by atoms with Crippen LogP contribution in [0.3, 0.4) is 0 Å². The zero-order valence-corrected chi connectivity index (χ0v) is 17.6. The van der Waals surface area contributed by atoms with Crippen molar-refractivity contribution in [3.05, 3.63) is 17.7 Å². The van der Waals surface area contributed by atoms with E-state index in [1.807, 2.05) is 0 Å². The molecule has 1 aromatic heterocycles. The lowest BCUT2D eigenvalue weighted by Crippen LogP contribution is -2.42. The zero-order chi connectivity index (χ0) is 21.8. The molecule has 4 heterocycles. The van der Waals surface area contributed by atoms with Gasteiger partial charge in [-0.1, -0.05) is 0 Å². The van der Waals surface area contributed by atoms with Gasteiger partial charge < -0.3 is 19.8 Å². The first-order valence-electron chi connectivity index (χ1n) is 11.2. The van der Waals surface area contributed by atoms with Crippen molar-refractivity contribution in [1.29, 1.82) is 0 Å². The van der Waals surface area contributed by atoms with E-state index in [0.717, 1.165) is 58.2 Å². The van der Waals surface area contributed by atoms with Crippen LogP contribution in [0.2, 0.25) is 0 Å². The molecule has 3 aliphatic rings. The van der Waals surface area contributed by atoms with Crippen molar-refractivity contribution >= 4 is 5.91 Å². The number of imidazole rings is 1. The molecule has 10 heteroatoms. The molecule has 7 nitrogen and oxygen atoms in total. The number of nitrogens with one attached hydrogen (secondary N) is 2. The normalized spacial score (nSPS) is 27.9. The number of hydrogen-bond donors (Lipinski definition) is 2. The quantitative estimate of drug-likeness (QED) is 0.676. The average Bonchev–Trinajstić information content (AvgIpc) is 3.36. The summed E-state index contributed by atoms with van der Waals surface area (Å²) in [7, 11) is 0. The molecule has 0 aromatic carbocycles. The van der Waals surface area contributed by atoms with Crippen LogP contribution in [0.4, 0.5) is 13.2 Å². The predicted molar refractivity (Wildman–Crippen MR) is 106 cm³/mol. The highest BCUT2D eigenvalue weighted by Crippen LogP contribution is 2.36. The second-order valence-corrected chi connectivity index (χ2v) is 8.96. The van der Waals surface area contributed by atoms with Gasteiger partial charge in [0.05, 0.1) is 31.9 Å². The molecule has 1 aromatic rings. The zero-order valence-electron chi connectivity index (χ0n) is 17.6. The van der Waals surface area contributed by atoms with Crippen LogP contribution in [0.15, 0.2) is 6.20 Å². The number of likely N-dealkylation sites (tertiary alicyclic amines) is 1. The Labute approximate surface area is 180 Å². The Hall–Kier alpha value is -1.65. The summed E-state index contributed by atoms with van der Waals surface area (Å²) in [4.78, 5) is 20.7. The molecule has 0 saturated carbocycles. The largest absolute Gasteiger partial charge is 0.432 e. The standard InChI is InChI=1S/C21H31F3N4O3/c22-21(23,24)18-10-26-19(27-18)12-28-6-2-16-15(11-28)13-31-17(16)9-20(29)25-5-1-14-3-7-30-8-4-14/h10,14-17H,1-9,11-13H2,(H,25,29)(H,26,27)/t15-,16-,17+/m1/s1. The fourth-order valence-electron chi connectivity index (χ4n) is 5.02. The summed E-state index contributed by atoms with van der Waals surface area (Å²) >= 11 is 0. The van der Waals surface area contributed by atoms with E-state index in [1.54, 1.807) is 0 Å². The third-order valence-corrected chi connectivity index (χ3v) is 6.79. The van der Waals surface area contributed by atoms with Crippen LogP contribution < -0.4 is 5.32 Å². The van der Waals surface area contributed by atoms with Crippen LogP contribution in [0, 0.1) is 17.8 Å². The molecule has 0 spiro atoms. The SMILES string of the molecule is O=C(C[C@@H]1OC[C@H]2CN(Cc3ncc(C(F)(F)F)[nH]3)CC[C@H]21)NCCC1CCOCC1. The fourth-order valence-corrected chi connectivity index (χ4v) is 5.02. The van der Waals surface area contributed by atoms with Crippen LogP contribution in [0.25, 0.3) is 0 Å². The molecule has 3 aliphatic heterocycles. The number of H-pyrrole nitrogens is 1. The third-order valence-electron chi connectivity index (χ3n) is 6.79. The molecule has 0 radical (unpaired) electrons. The van der Waals surface area contributed by atoms with Crippen molar-refractivity contribution in [3.8, 4) is 0 Å². The van der Waals surface area contributed by atoms with Crippen LogP contribution in [-0.2, 0) is 27.0 Å². The lowest BCUT2D eigenvalue weighted by molar-refractivity contribution is -0.141. The number of aromatic amines is 1. The van der Waals surface area contributed by atoms with Gasteiger partial charge in [0.15, 0.2) is 0 Å². The predicted octanol–water partition coefficient (Wildman–Crippen LogP) is 2.59. The highest BCUT2D eigenvalue weighted by atomic mass is 19.4. The second kappa shape index (κ2) is 9.87. The van der Waals surface area contributed by atoms with Crippen molar-refractivity contribution in [2.75, 3.05) is 39.5 Å². The number of halogens is 3. The first kappa shape index (κ1) is 22.5. The van der Waals surface area contributed by atoms with Crippen molar-refractivity contribution in [2.45, 2.75) is 50.9 Å². The minimum Gasteiger partial charge on any atom is -0.381 e. The Morgan fingerprint density at radius 2 is 2.10 bits per heavy atom. The van der Waals surface area contributed by atoms with E-state index >= 15 is 0 Å². The minimum absolute atomic E-state index is 0.0374. The van der Waals surface area contributed by atoms with Crippen LogP contribution in [0.5, 0.6) is 0 Å². The summed E-state index contributed by atoms with van der Waals surface area (Å²) in [5.41, 5.74) is -0.815. The van der Waals surface area contributed by atoms with E-state index in [-0.39, 0.29) is 12.0 Å². The van der Waals surface area contributed by atoms with Crippen LogP contribution >= 0.6 is 0 Å². The Morgan fingerprint density at radius 1 is 1.29 bits per heavy atom. The number of carbonyl (C=O) groups is 1. The van der Waals surface area contributed by atoms with Gasteiger partial charge in [0.2, 0.25) is 5.91 Å². The highest BCUT2D eigenvalue weighted by Gasteiger charge is 2.41. The Balaban J connectivity index is 1.19. The number of carbonyl (C=O) groups excluding carboxylic acids is 1. The molecule has 3 atom stereocenters. The highest BCUT2D eigenvalue weighted by molar-refractivity contribution is 5.76. The summed E-state index contributed by atoms with van der Waals surface area (Å²) in [5, 5.41) is 3.03. The Morgan fingerprint density at radius 3 is 2.84 bits per heavy atom. The maximum absolute atomic E-state index is 12.7. The first-order valence-corrected chi connectivity index (χ1v) is 11.2. The third kappa shape index (κ3) is 5.98. The van der Waals surface area contributed by atoms with Gasteiger partial charge in [-0.05, 0) is 44.1 Å². The Bertz CT molecular complexity index is 736. The van der Waals surface area contributed by atoms with Crippen molar-refractivity contribution < 1.29 is 27.4 Å². The van der Waals surface area contributed by atoms with Gasteiger partial charge in [-0.2, -0.15) is 13.2 Å². The molecule has 0 aliphatic carbocycles. The molecule has 31 heavy (non-hydrogen) atoms. The van der Waals surface area contributed by atoms with Gasteiger partial charge in [0, 0.05) is 32.2 Å². The van der Waals surface area contributed by atoms with Gasteiger partial charge in [-0.15, -0.1) is 0 Å². The minimum atomic E-state index is -4.41. The lowest BCUT2D eigenvalue weighted by atomic mass is 9.83. The number of piperidine rings is 1. The molecule has 1 amide bonds. The molecule has 174 valence electrons. The number of rotatable bonds is 7. The molecular weight excluding hydrogens is 413 g/mol. The van der Waals surface area contributed by atoms with Crippen LogP contribution in [0.1, 0.15) is 43.6 Å². The van der Waals surface area contributed by atoms with E-state index in [1.165, 1.54) is 0 Å². The second-order valence-electron chi connectivity index (χ2n) is 8.96. The number of fused-ring (bicyclic) bond motifs is 1. The topological polar surface area (TPSA) is 79.5 Å². The smallest absolute Gasteiger partial charge is 0.381 e. The van der Waals surface area contributed by atoms with Gasteiger partial charge in [0.25, 0.3) is 0 Å². The van der Waals surface area contributed by atoms with Crippen molar-refractivity contribution in [1.82, 2.24) is 20.2 Å².